The first-order chi connectivity index (χ1) is 27.8. The summed E-state index contributed by atoms with van der Waals surface area (Å²) in [5.74, 6) is 0.881. The molecule has 0 N–H and O–H groups in total. The number of allylic oxidation sites excluding steroid dienone is 2. The molecule has 3 nitrogen and oxygen atoms in total. The van der Waals surface area contributed by atoms with Crippen molar-refractivity contribution in [3.8, 4) is 33.4 Å². The van der Waals surface area contributed by atoms with Crippen molar-refractivity contribution >= 4 is 72.9 Å². The van der Waals surface area contributed by atoms with Crippen molar-refractivity contribution in [3.05, 3.63) is 199 Å². The van der Waals surface area contributed by atoms with Gasteiger partial charge in [0.25, 0.3) is 0 Å². The lowest BCUT2D eigenvalue weighted by Crippen LogP contribution is -2.11. The van der Waals surface area contributed by atoms with Crippen LogP contribution in [0, 0.1) is 0 Å². The average Bonchev–Trinajstić information content (AvgIpc) is 3.74. The Morgan fingerprint density at radius 3 is 1.75 bits per heavy atom. The van der Waals surface area contributed by atoms with Crippen molar-refractivity contribution in [3.63, 3.8) is 0 Å². The zero-order valence-electron chi connectivity index (χ0n) is 30.5. The molecular weight excluding hydrogens is 683 g/mol. The van der Waals surface area contributed by atoms with E-state index in [0.717, 1.165) is 89.6 Å². The van der Waals surface area contributed by atoms with Crippen LogP contribution in [0.3, 0.4) is 0 Å². The van der Waals surface area contributed by atoms with Crippen molar-refractivity contribution in [2.24, 2.45) is 0 Å². The van der Waals surface area contributed by atoms with Crippen molar-refractivity contribution in [1.29, 1.82) is 0 Å². The number of para-hydroxylation sites is 1. The summed E-state index contributed by atoms with van der Waals surface area (Å²) in [6, 6.07) is 62.6. The van der Waals surface area contributed by atoms with Gasteiger partial charge in [-0.25, -0.2) is 0 Å². The number of anilines is 3. The Morgan fingerprint density at radius 1 is 0.411 bits per heavy atom. The van der Waals surface area contributed by atoms with Gasteiger partial charge in [-0.3, -0.25) is 0 Å². The number of fused-ring (bicyclic) bond motifs is 8. The Balaban J connectivity index is 1.15. The molecule has 264 valence electrons. The third kappa shape index (κ3) is 5.28. The van der Waals surface area contributed by atoms with Crippen LogP contribution in [0.15, 0.2) is 197 Å². The molecule has 0 unspecified atom stereocenters. The Morgan fingerprint density at radius 2 is 1.00 bits per heavy atom. The fourth-order valence-corrected chi connectivity index (χ4v) is 8.41. The van der Waals surface area contributed by atoms with Crippen molar-refractivity contribution in [2.75, 3.05) is 4.90 Å². The van der Waals surface area contributed by atoms with Crippen LogP contribution in [0.2, 0.25) is 0 Å². The zero-order valence-corrected chi connectivity index (χ0v) is 30.5. The minimum absolute atomic E-state index is 0.858. The maximum absolute atomic E-state index is 6.97. The van der Waals surface area contributed by atoms with Gasteiger partial charge in [-0.15, -0.1) is 0 Å². The van der Waals surface area contributed by atoms with E-state index in [1.165, 1.54) is 22.3 Å². The number of hydrogen-bond donors (Lipinski definition) is 0. The van der Waals surface area contributed by atoms with Gasteiger partial charge in [0, 0.05) is 38.4 Å². The Labute approximate surface area is 324 Å². The molecule has 1 aliphatic rings. The predicted octanol–water partition coefficient (Wildman–Crippen LogP) is 15.4. The van der Waals surface area contributed by atoms with E-state index < -0.39 is 0 Å². The van der Waals surface area contributed by atoms with E-state index in [1.54, 1.807) is 0 Å². The summed E-state index contributed by atoms with van der Waals surface area (Å²) >= 11 is 0. The molecule has 0 fully saturated rings. The second-order valence-electron chi connectivity index (χ2n) is 14.4. The molecule has 0 aliphatic heterocycles. The Bertz CT molecular complexity index is 3130. The average molecular weight is 718 g/mol. The molecule has 0 saturated carbocycles. The van der Waals surface area contributed by atoms with Gasteiger partial charge < -0.3 is 13.7 Å². The molecule has 10 aromatic rings. The Hall–Kier alpha value is -7.36. The third-order valence-corrected chi connectivity index (χ3v) is 11.1. The molecule has 8 aromatic carbocycles. The lowest BCUT2D eigenvalue weighted by atomic mass is 9.97. The monoisotopic (exact) mass is 717 g/mol. The van der Waals surface area contributed by atoms with E-state index in [9.17, 15) is 0 Å². The van der Waals surface area contributed by atoms with Gasteiger partial charge in [-0.1, -0.05) is 164 Å². The first-order valence-corrected chi connectivity index (χ1v) is 19.2. The molecular formula is C53H35NO2. The SMILES string of the molecule is C1=Cc2oc3cccc(N(c4ccc(-c5ccccc5)cc4)c4cc5c6cccc(-c7ccc(-c8ccccc8)cc7)c6oc5c5ccccc45)c3c2C=CC1. The lowest BCUT2D eigenvalue weighted by Gasteiger charge is -2.28. The zero-order chi connectivity index (χ0) is 37.0. The molecule has 0 saturated heterocycles. The van der Waals surface area contributed by atoms with Gasteiger partial charge in [0.2, 0.25) is 0 Å². The van der Waals surface area contributed by atoms with E-state index in [-0.39, 0.29) is 0 Å². The third-order valence-electron chi connectivity index (χ3n) is 11.1. The van der Waals surface area contributed by atoms with Crippen LogP contribution in [0.25, 0.3) is 89.2 Å². The molecule has 0 atom stereocenters. The molecule has 11 rings (SSSR count). The van der Waals surface area contributed by atoms with Crippen molar-refractivity contribution in [2.45, 2.75) is 6.42 Å². The highest BCUT2D eigenvalue weighted by molar-refractivity contribution is 6.21. The summed E-state index contributed by atoms with van der Waals surface area (Å²) in [5, 5.41) is 5.40. The minimum Gasteiger partial charge on any atom is -0.456 e. The Kier molecular flexibility index (Phi) is 7.56. The van der Waals surface area contributed by atoms with Crippen LogP contribution in [0.1, 0.15) is 17.7 Å². The maximum atomic E-state index is 6.97. The van der Waals surface area contributed by atoms with Gasteiger partial charge >= 0.3 is 0 Å². The molecule has 2 aromatic heterocycles. The molecule has 2 heterocycles. The smallest absolute Gasteiger partial charge is 0.143 e. The summed E-state index contributed by atoms with van der Waals surface area (Å²) in [6.07, 6.45) is 9.54. The number of furan rings is 2. The molecule has 1 aliphatic carbocycles. The van der Waals surface area contributed by atoms with E-state index >= 15 is 0 Å². The summed E-state index contributed by atoms with van der Waals surface area (Å²) < 4.78 is 13.5. The summed E-state index contributed by atoms with van der Waals surface area (Å²) in [7, 11) is 0. The molecule has 0 radical (unpaired) electrons. The van der Waals surface area contributed by atoms with Gasteiger partial charge in [-0.05, 0) is 70.6 Å². The molecule has 0 amide bonds. The predicted molar refractivity (Wildman–Crippen MR) is 235 cm³/mol. The number of benzene rings is 8. The van der Waals surface area contributed by atoms with Gasteiger partial charge in [0.15, 0.2) is 0 Å². The lowest BCUT2D eigenvalue weighted by molar-refractivity contribution is 0.603. The van der Waals surface area contributed by atoms with Crippen LogP contribution in [0.4, 0.5) is 17.1 Å². The van der Waals surface area contributed by atoms with E-state index in [2.05, 4.69) is 205 Å². The van der Waals surface area contributed by atoms with Crippen molar-refractivity contribution < 1.29 is 8.83 Å². The van der Waals surface area contributed by atoms with E-state index in [4.69, 9.17) is 8.83 Å². The van der Waals surface area contributed by atoms with Gasteiger partial charge in [0.05, 0.1) is 16.8 Å². The molecule has 3 heteroatoms. The highest BCUT2D eigenvalue weighted by atomic mass is 16.3. The number of nitrogens with zero attached hydrogens (tertiary/aromatic N) is 1. The minimum atomic E-state index is 0.858. The molecule has 56 heavy (non-hydrogen) atoms. The maximum Gasteiger partial charge on any atom is 0.143 e. The van der Waals surface area contributed by atoms with Crippen molar-refractivity contribution in [1.82, 2.24) is 0 Å². The molecule has 0 spiro atoms. The van der Waals surface area contributed by atoms with Crippen LogP contribution >= 0.6 is 0 Å². The first-order valence-electron chi connectivity index (χ1n) is 19.2. The quantitative estimate of drug-likeness (QED) is 0.171. The van der Waals surface area contributed by atoms with Gasteiger partial charge in [0.1, 0.15) is 22.5 Å². The number of rotatable bonds is 6. The first kappa shape index (κ1) is 32.1. The van der Waals surface area contributed by atoms with Crippen LogP contribution < -0.4 is 4.90 Å². The molecule has 0 bridgehead atoms. The summed E-state index contributed by atoms with van der Waals surface area (Å²) in [5.41, 5.74) is 13.8. The fraction of sp³-hybridized carbons (Fsp3) is 0.0189. The van der Waals surface area contributed by atoms with E-state index in [1.807, 2.05) is 0 Å². The van der Waals surface area contributed by atoms with Crippen LogP contribution in [0.5, 0.6) is 0 Å². The standard InChI is InChI=1S/C53H35NO2/c1-4-14-35(15-5-1)37-26-28-39(29-27-37)41-21-12-22-44-46-34-48(42-18-10-11-19-43(42)53(46)56-52(41)44)54(40-32-30-38(31-33-40)36-16-6-2-7-17-36)47-23-13-25-50-51(47)45-20-8-3-9-24-49(45)55-50/h1-2,4-34H,3H2. The highest BCUT2D eigenvalue weighted by Crippen LogP contribution is 2.49. The largest absolute Gasteiger partial charge is 0.456 e. The topological polar surface area (TPSA) is 29.5 Å². The second-order valence-corrected chi connectivity index (χ2v) is 14.4. The van der Waals surface area contributed by atoms with Gasteiger partial charge in [-0.2, -0.15) is 0 Å². The van der Waals surface area contributed by atoms with E-state index in [0.29, 0.717) is 0 Å². The van der Waals surface area contributed by atoms with Crippen LogP contribution in [-0.2, 0) is 0 Å². The summed E-state index contributed by atoms with van der Waals surface area (Å²) in [4.78, 5) is 2.40. The normalized spacial score (nSPS) is 12.4. The number of hydrogen-bond acceptors (Lipinski definition) is 3. The summed E-state index contributed by atoms with van der Waals surface area (Å²) in [6.45, 7) is 0. The highest BCUT2D eigenvalue weighted by Gasteiger charge is 2.25. The van der Waals surface area contributed by atoms with Crippen LogP contribution in [-0.4, -0.2) is 0 Å². The second kappa shape index (κ2) is 13.2. The fourth-order valence-electron chi connectivity index (χ4n) is 8.41.